The van der Waals surface area contributed by atoms with E-state index >= 15 is 0 Å². The number of hydrogen-bond acceptors (Lipinski definition) is 5. The van der Waals surface area contributed by atoms with Crippen LogP contribution in [0.5, 0.6) is 0 Å². The predicted octanol–water partition coefficient (Wildman–Crippen LogP) is 1.14. The maximum atomic E-state index is 11.6. The van der Waals surface area contributed by atoms with Crippen molar-refractivity contribution in [2.24, 2.45) is 0 Å². The van der Waals surface area contributed by atoms with E-state index in [0.29, 0.717) is 32.1 Å². The molecular weight excluding hydrogens is 236 g/mol. The number of aromatic nitrogens is 1. The lowest BCUT2D eigenvalue weighted by Gasteiger charge is -2.04. The average molecular weight is 254 g/mol. The molecule has 0 aliphatic rings. The predicted molar refractivity (Wildman–Crippen MR) is 65.2 cm³/mol. The van der Waals surface area contributed by atoms with Crippen molar-refractivity contribution in [2.75, 3.05) is 26.9 Å². The zero-order chi connectivity index (χ0) is 13.4. The molecule has 1 heterocycles. The van der Waals surface area contributed by atoms with Crippen molar-refractivity contribution in [2.45, 2.75) is 13.5 Å². The zero-order valence-corrected chi connectivity index (χ0v) is 10.7. The molecule has 6 heteroatoms. The van der Waals surface area contributed by atoms with Crippen LogP contribution in [-0.2, 0) is 16.1 Å². The van der Waals surface area contributed by atoms with Gasteiger partial charge >= 0.3 is 0 Å². The summed E-state index contributed by atoms with van der Waals surface area (Å²) in [6.45, 7) is 7.23. The fourth-order valence-corrected chi connectivity index (χ4v) is 1.20. The van der Waals surface area contributed by atoms with Crippen LogP contribution in [0.3, 0.4) is 0 Å². The summed E-state index contributed by atoms with van der Waals surface area (Å²) < 4.78 is 15.0. The van der Waals surface area contributed by atoms with Crippen molar-refractivity contribution in [3.8, 4) is 0 Å². The van der Waals surface area contributed by atoms with Gasteiger partial charge in [-0.1, -0.05) is 17.3 Å². The average Bonchev–Trinajstić information content (AvgIpc) is 2.77. The van der Waals surface area contributed by atoms with Crippen LogP contribution in [-0.4, -0.2) is 37.9 Å². The molecule has 0 aliphatic carbocycles. The normalized spacial score (nSPS) is 10.3. The molecule has 0 saturated carbocycles. The molecule has 1 N–H and O–H groups in total. The number of amides is 1. The minimum Gasteiger partial charge on any atom is -0.377 e. The molecule has 18 heavy (non-hydrogen) atoms. The highest BCUT2D eigenvalue weighted by Gasteiger charge is 2.11. The molecule has 0 bridgehead atoms. The third kappa shape index (κ3) is 5.11. The summed E-state index contributed by atoms with van der Waals surface area (Å²) in [4.78, 5) is 11.6. The Bertz CT molecular complexity index is 401. The number of ether oxygens (including phenoxy) is 2. The maximum Gasteiger partial charge on any atom is 0.273 e. The highest BCUT2D eigenvalue weighted by molar-refractivity contribution is 5.92. The van der Waals surface area contributed by atoms with Gasteiger partial charge in [-0.3, -0.25) is 4.79 Å². The first-order chi connectivity index (χ1) is 8.63. The fraction of sp³-hybridized carbons (Fsp3) is 0.500. The largest absolute Gasteiger partial charge is 0.377 e. The molecule has 1 rings (SSSR count). The van der Waals surface area contributed by atoms with Crippen molar-refractivity contribution in [1.82, 2.24) is 10.5 Å². The molecular formula is C12H18N2O4. The van der Waals surface area contributed by atoms with Crippen molar-refractivity contribution in [3.63, 3.8) is 0 Å². The number of nitrogens with zero attached hydrogens (tertiary/aromatic N) is 1. The Morgan fingerprint density at radius 1 is 1.61 bits per heavy atom. The summed E-state index contributed by atoms with van der Waals surface area (Å²) in [5.41, 5.74) is 1.18. The van der Waals surface area contributed by atoms with Gasteiger partial charge in [0.2, 0.25) is 0 Å². The number of nitrogens with one attached hydrogen (secondary N) is 1. The molecule has 0 saturated heterocycles. The minimum absolute atomic E-state index is 0.238. The SMILES string of the molecule is C=C(C)COCCNC(=O)c1cc(COC)on1. The number of methoxy groups -OCH3 is 1. The van der Waals surface area contributed by atoms with Gasteiger partial charge in [-0.05, 0) is 6.92 Å². The molecule has 0 aliphatic heterocycles. The Morgan fingerprint density at radius 2 is 2.39 bits per heavy atom. The van der Waals surface area contributed by atoms with Crippen molar-refractivity contribution < 1.29 is 18.8 Å². The lowest BCUT2D eigenvalue weighted by atomic mass is 10.3. The lowest BCUT2D eigenvalue weighted by molar-refractivity contribution is 0.0917. The number of carbonyl (C=O) groups excluding carboxylic acids is 1. The van der Waals surface area contributed by atoms with Crippen LogP contribution in [0.2, 0.25) is 0 Å². The zero-order valence-electron chi connectivity index (χ0n) is 10.7. The first-order valence-electron chi connectivity index (χ1n) is 5.58. The maximum absolute atomic E-state index is 11.6. The van der Waals surface area contributed by atoms with Crippen LogP contribution in [0.25, 0.3) is 0 Å². The summed E-state index contributed by atoms with van der Waals surface area (Å²) >= 11 is 0. The van der Waals surface area contributed by atoms with Gasteiger partial charge in [-0.15, -0.1) is 0 Å². The molecule has 0 spiro atoms. The Kier molecular flexibility index (Phi) is 6.10. The molecule has 0 radical (unpaired) electrons. The molecule has 0 atom stereocenters. The summed E-state index contributed by atoms with van der Waals surface area (Å²) in [6, 6.07) is 1.55. The topological polar surface area (TPSA) is 73.6 Å². The summed E-state index contributed by atoms with van der Waals surface area (Å²) in [5, 5.41) is 6.31. The number of rotatable bonds is 8. The van der Waals surface area contributed by atoms with Gasteiger partial charge < -0.3 is 19.3 Å². The Labute approximate surface area is 106 Å². The van der Waals surface area contributed by atoms with Crippen molar-refractivity contribution >= 4 is 5.91 Å². The van der Waals surface area contributed by atoms with E-state index in [2.05, 4.69) is 17.1 Å². The first kappa shape index (κ1) is 14.4. The fourth-order valence-electron chi connectivity index (χ4n) is 1.20. The van der Waals surface area contributed by atoms with Gasteiger partial charge in [0.25, 0.3) is 5.91 Å². The van der Waals surface area contributed by atoms with E-state index in [-0.39, 0.29) is 11.6 Å². The molecule has 0 fully saturated rings. The molecule has 6 nitrogen and oxygen atoms in total. The van der Waals surface area contributed by atoms with E-state index in [1.165, 1.54) is 0 Å². The highest BCUT2D eigenvalue weighted by Crippen LogP contribution is 2.04. The molecule has 0 aromatic carbocycles. The molecule has 0 unspecified atom stereocenters. The van der Waals surface area contributed by atoms with Crippen LogP contribution >= 0.6 is 0 Å². The molecule has 1 aromatic rings. The molecule has 1 amide bonds. The first-order valence-corrected chi connectivity index (χ1v) is 5.58. The quantitative estimate of drug-likeness (QED) is 0.556. The Balaban J connectivity index is 2.25. The van der Waals surface area contributed by atoms with Crippen LogP contribution in [0, 0.1) is 0 Å². The van der Waals surface area contributed by atoms with Gasteiger partial charge in [0, 0.05) is 19.7 Å². The highest BCUT2D eigenvalue weighted by atomic mass is 16.5. The minimum atomic E-state index is -0.292. The van der Waals surface area contributed by atoms with Gasteiger partial charge in [0.1, 0.15) is 6.61 Å². The van der Waals surface area contributed by atoms with E-state index in [1.807, 2.05) is 6.92 Å². The van der Waals surface area contributed by atoms with Crippen LogP contribution in [0.1, 0.15) is 23.2 Å². The van der Waals surface area contributed by atoms with Crippen molar-refractivity contribution in [3.05, 3.63) is 29.7 Å². The van der Waals surface area contributed by atoms with Crippen LogP contribution in [0.4, 0.5) is 0 Å². The second-order valence-electron chi connectivity index (χ2n) is 3.88. The third-order valence-electron chi connectivity index (χ3n) is 1.96. The van der Waals surface area contributed by atoms with Crippen molar-refractivity contribution in [1.29, 1.82) is 0 Å². The van der Waals surface area contributed by atoms with E-state index in [0.717, 1.165) is 5.57 Å². The Morgan fingerprint density at radius 3 is 3.06 bits per heavy atom. The monoisotopic (exact) mass is 254 g/mol. The van der Waals surface area contributed by atoms with Gasteiger partial charge in [-0.2, -0.15) is 0 Å². The second-order valence-corrected chi connectivity index (χ2v) is 3.88. The molecule has 100 valence electrons. The second kappa shape index (κ2) is 7.62. The van der Waals surface area contributed by atoms with Crippen LogP contribution in [0.15, 0.2) is 22.7 Å². The Hall–Kier alpha value is -1.66. The number of carbonyl (C=O) groups is 1. The summed E-state index contributed by atoms with van der Waals surface area (Å²) in [6.07, 6.45) is 0. The van der Waals surface area contributed by atoms with Gasteiger partial charge in [0.15, 0.2) is 11.5 Å². The van der Waals surface area contributed by atoms with E-state index in [4.69, 9.17) is 14.0 Å². The van der Waals surface area contributed by atoms with E-state index in [9.17, 15) is 4.79 Å². The van der Waals surface area contributed by atoms with E-state index < -0.39 is 0 Å². The summed E-state index contributed by atoms with van der Waals surface area (Å²) in [7, 11) is 1.54. The third-order valence-corrected chi connectivity index (χ3v) is 1.96. The van der Waals surface area contributed by atoms with E-state index in [1.54, 1.807) is 13.2 Å². The standard InChI is InChI=1S/C12H18N2O4/c1-9(2)7-17-5-4-13-12(15)11-6-10(8-16-3)18-14-11/h6H,1,4-5,7-8H2,2-3H3,(H,13,15). The molecule has 1 aromatic heterocycles. The number of hydrogen-bond donors (Lipinski definition) is 1. The summed E-state index contributed by atoms with van der Waals surface area (Å²) in [5.74, 6) is 0.223. The van der Waals surface area contributed by atoms with Crippen LogP contribution < -0.4 is 5.32 Å². The smallest absolute Gasteiger partial charge is 0.273 e. The lowest BCUT2D eigenvalue weighted by Crippen LogP contribution is -2.27. The van der Waals surface area contributed by atoms with Gasteiger partial charge in [0.05, 0.1) is 13.2 Å². The van der Waals surface area contributed by atoms with Gasteiger partial charge in [-0.25, -0.2) is 0 Å².